The fourth-order valence-electron chi connectivity index (χ4n) is 2.78. The van der Waals surface area contributed by atoms with Crippen molar-refractivity contribution in [3.8, 4) is 0 Å². The summed E-state index contributed by atoms with van der Waals surface area (Å²) in [5, 5.41) is 3.28. The summed E-state index contributed by atoms with van der Waals surface area (Å²) in [6.45, 7) is 5.74. The van der Waals surface area contributed by atoms with Gasteiger partial charge in [0.05, 0.1) is 0 Å². The fourth-order valence-corrected chi connectivity index (χ4v) is 2.78. The minimum atomic E-state index is 0.892. The number of anilines is 1. The molecule has 0 atom stereocenters. The van der Waals surface area contributed by atoms with Crippen LogP contribution in [0.1, 0.15) is 30.9 Å². The van der Waals surface area contributed by atoms with Gasteiger partial charge in [-0.05, 0) is 42.7 Å². The van der Waals surface area contributed by atoms with Gasteiger partial charge in [-0.15, -0.1) is 0 Å². The van der Waals surface area contributed by atoms with E-state index in [2.05, 4.69) is 47.6 Å². The second-order valence-electron chi connectivity index (χ2n) is 5.23. The standard InChI is InChI=1S/C15H20N2/c1-12-6-9-17(10-7-12)15-4-2-3-13-11-16-8-5-14(13)15/h2-5,8,12,16H,6-7,9-11H2,1H3. The maximum Gasteiger partial charge on any atom is 0.0443 e. The molecule has 0 radical (unpaired) electrons. The van der Waals surface area contributed by atoms with Gasteiger partial charge in [-0.3, -0.25) is 0 Å². The van der Waals surface area contributed by atoms with Crippen LogP contribution in [0.5, 0.6) is 0 Å². The summed E-state index contributed by atoms with van der Waals surface area (Å²) in [5.74, 6) is 0.892. The van der Waals surface area contributed by atoms with E-state index in [-0.39, 0.29) is 0 Å². The molecule has 0 bridgehead atoms. The molecule has 0 amide bonds. The van der Waals surface area contributed by atoms with Crippen LogP contribution in [0.2, 0.25) is 0 Å². The van der Waals surface area contributed by atoms with Crippen LogP contribution in [0.3, 0.4) is 0 Å². The minimum Gasteiger partial charge on any atom is -0.387 e. The van der Waals surface area contributed by atoms with Gasteiger partial charge in [-0.2, -0.15) is 0 Å². The van der Waals surface area contributed by atoms with Crippen molar-refractivity contribution in [2.45, 2.75) is 26.3 Å². The van der Waals surface area contributed by atoms with Crippen LogP contribution in [0.25, 0.3) is 6.08 Å². The number of benzene rings is 1. The van der Waals surface area contributed by atoms with E-state index in [1.807, 2.05) is 0 Å². The lowest BCUT2D eigenvalue weighted by atomic mass is 9.96. The third-order valence-corrected chi connectivity index (χ3v) is 3.96. The van der Waals surface area contributed by atoms with Crippen molar-refractivity contribution in [1.29, 1.82) is 0 Å². The molecule has 2 nitrogen and oxygen atoms in total. The van der Waals surface area contributed by atoms with Crippen LogP contribution in [0.4, 0.5) is 5.69 Å². The van der Waals surface area contributed by atoms with Gasteiger partial charge in [0.15, 0.2) is 0 Å². The molecule has 1 aromatic carbocycles. The highest BCUT2D eigenvalue weighted by molar-refractivity contribution is 5.71. The highest BCUT2D eigenvalue weighted by Gasteiger charge is 2.19. The molecule has 1 aromatic rings. The van der Waals surface area contributed by atoms with Crippen LogP contribution in [-0.4, -0.2) is 13.1 Å². The Kier molecular flexibility index (Phi) is 2.79. The van der Waals surface area contributed by atoms with Crippen LogP contribution in [0, 0.1) is 5.92 Å². The Hall–Kier alpha value is -1.44. The van der Waals surface area contributed by atoms with E-state index in [1.54, 1.807) is 0 Å². The molecule has 2 aliphatic heterocycles. The van der Waals surface area contributed by atoms with Crippen molar-refractivity contribution in [1.82, 2.24) is 5.32 Å². The molecule has 2 heteroatoms. The first-order valence-corrected chi connectivity index (χ1v) is 6.61. The number of rotatable bonds is 1. The molecule has 3 rings (SSSR count). The first-order chi connectivity index (χ1) is 8.34. The topological polar surface area (TPSA) is 15.3 Å². The number of nitrogens with zero attached hydrogens (tertiary/aromatic N) is 1. The van der Waals surface area contributed by atoms with Gasteiger partial charge in [0.1, 0.15) is 0 Å². The van der Waals surface area contributed by atoms with E-state index in [9.17, 15) is 0 Å². The second-order valence-corrected chi connectivity index (χ2v) is 5.23. The zero-order chi connectivity index (χ0) is 11.7. The Morgan fingerprint density at radius 2 is 2.06 bits per heavy atom. The molecular weight excluding hydrogens is 208 g/mol. The van der Waals surface area contributed by atoms with E-state index in [0.29, 0.717) is 0 Å². The number of hydrogen-bond donors (Lipinski definition) is 1. The predicted octanol–water partition coefficient (Wildman–Crippen LogP) is 3.00. The predicted molar refractivity (Wildman–Crippen MR) is 72.9 cm³/mol. The fraction of sp³-hybridized carbons (Fsp3) is 0.467. The largest absolute Gasteiger partial charge is 0.387 e. The van der Waals surface area contributed by atoms with E-state index < -0.39 is 0 Å². The molecular formula is C15H20N2. The van der Waals surface area contributed by atoms with Gasteiger partial charge >= 0.3 is 0 Å². The quantitative estimate of drug-likeness (QED) is 0.795. The summed E-state index contributed by atoms with van der Waals surface area (Å²) in [5.41, 5.74) is 4.26. The van der Waals surface area contributed by atoms with Crippen molar-refractivity contribution in [3.05, 3.63) is 35.5 Å². The number of fused-ring (bicyclic) bond motifs is 1. The van der Waals surface area contributed by atoms with E-state index >= 15 is 0 Å². The van der Waals surface area contributed by atoms with E-state index in [4.69, 9.17) is 0 Å². The summed E-state index contributed by atoms with van der Waals surface area (Å²) < 4.78 is 0. The molecule has 0 spiro atoms. The van der Waals surface area contributed by atoms with Crippen molar-refractivity contribution in [3.63, 3.8) is 0 Å². The van der Waals surface area contributed by atoms with E-state index in [0.717, 1.165) is 12.5 Å². The smallest absolute Gasteiger partial charge is 0.0443 e. The van der Waals surface area contributed by atoms with Gasteiger partial charge in [-0.25, -0.2) is 0 Å². The molecule has 1 fully saturated rings. The zero-order valence-electron chi connectivity index (χ0n) is 10.4. The van der Waals surface area contributed by atoms with Gasteiger partial charge in [0.2, 0.25) is 0 Å². The highest BCUT2D eigenvalue weighted by Crippen LogP contribution is 2.30. The van der Waals surface area contributed by atoms with Gasteiger partial charge in [0, 0.05) is 30.9 Å². The Labute approximate surface area is 103 Å². The molecule has 0 unspecified atom stereocenters. The first-order valence-electron chi connectivity index (χ1n) is 6.61. The monoisotopic (exact) mass is 228 g/mol. The highest BCUT2D eigenvalue weighted by atomic mass is 15.1. The maximum absolute atomic E-state index is 3.28. The molecule has 0 aliphatic carbocycles. The average Bonchev–Trinajstić information content (AvgIpc) is 2.39. The van der Waals surface area contributed by atoms with Crippen LogP contribution >= 0.6 is 0 Å². The normalized spacial score (nSPS) is 19.9. The molecule has 0 saturated carbocycles. The van der Waals surface area contributed by atoms with Gasteiger partial charge < -0.3 is 10.2 Å². The number of hydrogen-bond acceptors (Lipinski definition) is 2. The second kappa shape index (κ2) is 4.44. The minimum absolute atomic E-state index is 0.892. The van der Waals surface area contributed by atoms with Crippen LogP contribution in [0.15, 0.2) is 24.4 Å². The SMILES string of the molecule is CC1CCN(c2cccc3c2C=CNC3)CC1. The average molecular weight is 228 g/mol. The number of nitrogens with one attached hydrogen (secondary N) is 1. The van der Waals surface area contributed by atoms with Crippen LogP contribution in [-0.2, 0) is 6.54 Å². The maximum atomic E-state index is 3.28. The lowest BCUT2D eigenvalue weighted by molar-refractivity contribution is 0.438. The van der Waals surface area contributed by atoms with Gasteiger partial charge in [-0.1, -0.05) is 19.1 Å². The molecule has 0 aromatic heterocycles. The van der Waals surface area contributed by atoms with E-state index in [1.165, 1.54) is 42.7 Å². The summed E-state index contributed by atoms with van der Waals surface area (Å²) >= 11 is 0. The molecule has 17 heavy (non-hydrogen) atoms. The van der Waals surface area contributed by atoms with Crippen LogP contribution < -0.4 is 10.2 Å². The van der Waals surface area contributed by atoms with Crippen molar-refractivity contribution >= 4 is 11.8 Å². The third kappa shape index (κ3) is 2.04. The molecule has 1 saturated heterocycles. The Morgan fingerprint density at radius 1 is 1.24 bits per heavy atom. The molecule has 2 aliphatic rings. The first kappa shape index (κ1) is 10.7. The Morgan fingerprint density at radius 3 is 2.88 bits per heavy atom. The Bertz CT molecular complexity index is 429. The Balaban J connectivity index is 1.91. The summed E-state index contributed by atoms with van der Waals surface area (Å²) in [6.07, 6.45) is 6.93. The third-order valence-electron chi connectivity index (χ3n) is 3.96. The molecule has 90 valence electrons. The molecule has 2 heterocycles. The lowest BCUT2D eigenvalue weighted by Crippen LogP contribution is -2.33. The summed E-state index contributed by atoms with van der Waals surface area (Å²) in [6, 6.07) is 6.68. The van der Waals surface area contributed by atoms with Crippen molar-refractivity contribution in [2.24, 2.45) is 5.92 Å². The number of piperidine rings is 1. The summed E-state index contributed by atoms with van der Waals surface area (Å²) in [7, 11) is 0. The van der Waals surface area contributed by atoms with Gasteiger partial charge in [0.25, 0.3) is 0 Å². The van der Waals surface area contributed by atoms with Crippen molar-refractivity contribution in [2.75, 3.05) is 18.0 Å². The molecule has 1 N–H and O–H groups in total. The summed E-state index contributed by atoms with van der Waals surface area (Å²) in [4.78, 5) is 2.55. The van der Waals surface area contributed by atoms with Crippen molar-refractivity contribution < 1.29 is 0 Å². The lowest BCUT2D eigenvalue weighted by Gasteiger charge is -2.34. The zero-order valence-corrected chi connectivity index (χ0v) is 10.4.